The molecule has 100 valence electrons. The number of alkyl halides is 1. The number of hydrogen-bond acceptors (Lipinski definition) is 0. The van der Waals surface area contributed by atoms with Gasteiger partial charge in [0.25, 0.3) is 0 Å². The number of hydrogen-bond donors (Lipinski definition) is 0. The summed E-state index contributed by atoms with van der Waals surface area (Å²) < 4.78 is 26.4. The van der Waals surface area contributed by atoms with Crippen LogP contribution in [0.5, 0.6) is 0 Å². The highest BCUT2D eigenvalue weighted by atomic mass is 79.9. The van der Waals surface area contributed by atoms with Gasteiger partial charge in [-0.3, -0.25) is 0 Å². The molecule has 0 aliphatic rings. The molecular weight excluding hydrogens is 380 g/mol. The highest BCUT2D eigenvalue weighted by Gasteiger charge is 2.21. The molecule has 2 rings (SSSR count). The Bertz CT molecular complexity index is 611. The highest BCUT2D eigenvalue weighted by molar-refractivity contribution is 9.09. The molecule has 2 aromatic carbocycles. The Morgan fingerprint density at radius 3 is 2.00 bits per heavy atom. The molecule has 0 spiro atoms. The van der Waals surface area contributed by atoms with Crippen molar-refractivity contribution in [3.63, 3.8) is 0 Å². The van der Waals surface area contributed by atoms with Crippen LogP contribution in [0.4, 0.5) is 8.78 Å². The van der Waals surface area contributed by atoms with Gasteiger partial charge in [0.15, 0.2) is 11.6 Å². The van der Waals surface area contributed by atoms with E-state index in [1.165, 1.54) is 0 Å². The predicted molar refractivity (Wildman–Crippen MR) is 78.6 cm³/mol. The van der Waals surface area contributed by atoms with Crippen LogP contribution in [0.1, 0.15) is 16.0 Å². The van der Waals surface area contributed by atoms with Gasteiger partial charge in [-0.15, -0.1) is 0 Å². The van der Waals surface area contributed by atoms with E-state index >= 15 is 0 Å². The molecule has 2 aromatic rings. The molecule has 0 heterocycles. The van der Waals surface area contributed by atoms with Crippen LogP contribution in [0.2, 0.25) is 15.1 Å². The van der Waals surface area contributed by atoms with Crippen LogP contribution in [0.25, 0.3) is 0 Å². The minimum absolute atomic E-state index is 0.0942. The van der Waals surface area contributed by atoms with Gasteiger partial charge in [-0.05, 0) is 29.8 Å². The van der Waals surface area contributed by atoms with Crippen molar-refractivity contribution < 1.29 is 8.78 Å². The summed E-state index contributed by atoms with van der Waals surface area (Å²) in [5.41, 5.74) is 0.911. The maximum absolute atomic E-state index is 13.3. The maximum Gasteiger partial charge on any atom is 0.160 e. The molecule has 6 heteroatoms. The molecule has 0 saturated carbocycles. The zero-order chi connectivity index (χ0) is 14.2. The fraction of sp³-hybridized carbons (Fsp3) is 0.0769. The van der Waals surface area contributed by atoms with Crippen LogP contribution in [-0.4, -0.2) is 0 Å². The Hall–Kier alpha value is -0.350. The Morgan fingerprint density at radius 1 is 0.895 bits per heavy atom. The molecule has 0 saturated heterocycles. The third kappa shape index (κ3) is 3.05. The summed E-state index contributed by atoms with van der Waals surface area (Å²) in [4.78, 5) is -0.531. The molecule has 0 N–H and O–H groups in total. The van der Waals surface area contributed by atoms with Crippen molar-refractivity contribution in [1.29, 1.82) is 0 Å². The van der Waals surface area contributed by atoms with Crippen molar-refractivity contribution in [3.8, 4) is 0 Å². The van der Waals surface area contributed by atoms with E-state index < -0.39 is 16.5 Å². The summed E-state index contributed by atoms with van der Waals surface area (Å²) in [7, 11) is 0. The van der Waals surface area contributed by atoms with Gasteiger partial charge >= 0.3 is 0 Å². The van der Waals surface area contributed by atoms with Gasteiger partial charge in [-0.1, -0.05) is 56.8 Å². The third-order valence-electron chi connectivity index (χ3n) is 2.57. The molecule has 1 atom stereocenters. The lowest BCUT2D eigenvalue weighted by Gasteiger charge is -2.16. The normalized spacial score (nSPS) is 12.5. The second-order valence-corrected chi connectivity index (χ2v) is 5.92. The Balaban J connectivity index is 2.56. The topological polar surface area (TPSA) is 0 Å². The average molecular weight is 386 g/mol. The van der Waals surface area contributed by atoms with E-state index in [-0.39, 0.29) is 5.02 Å². The van der Waals surface area contributed by atoms with Crippen LogP contribution in [-0.2, 0) is 0 Å². The van der Waals surface area contributed by atoms with Crippen LogP contribution in [0.15, 0.2) is 30.3 Å². The van der Waals surface area contributed by atoms with Gasteiger partial charge in [-0.2, -0.15) is 0 Å². The van der Waals surface area contributed by atoms with Crippen molar-refractivity contribution in [2.45, 2.75) is 4.83 Å². The molecular formula is C13H6BrCl3F2. The van der Waals surface area contributed by atoms with Gasteiger partial charge in [0.1, 0.15) is 0 Å². The lowest BCUT2D eigenvalue weighted by atomic mass is 10.0. The first-order chi connectivity index (χ1) is 8.91. The van der Waals surface area contributed by atoms with Crippen molar-refractivity contribution in [2.24, 2.45) is 0 Å². The summed E-state index contributed by atoms with van der Waals surface area (Å²) in [6.07, 6.45) is 0. The molecule has 0 aliphatic heterocycles. The zero-order valence-electron chi connectivity index (χ0n) is 9.23. The SMILES string of the molecule is Fc1cc(Cl)c(C(Br)c2c(Cl)cccc2Cl)cc1F. The minimum atomic E-state index is -1.00. The summed E-state index contributed by atoms with van der Waals surface area (Å²) >= 11 is 21.4. The molecule has 0 aliphatic carbocycles. The van der Waals surface area contributed by atoms with E-state index in [2.05, 4.69) is 15.9 Å². The molecule has 0 aromatic heterocycles. The van der Waals surface area contributed by atoms with Gasteiger partial charge in [-0.25, -0.2) is 8.78 Å². The van der Waals surface area contributed by atoms with Crippen LogP contribution in [0.3, 0.4) is 0 Å². The number of halogens is 6. The van der Waals surface area contributed by atoms with Crippen molar-refractivity contribution in [2.75, 3.05) is 0 Å². The van der Waals surface area contributed by atoms with Crippen LogP contribution < -0.4 is 0 Å². The Morgan fingerprint density at radius 2 is 1.42 bits per heavy atom. The van der Waals surface area contributed by atoms with E-state index in [0.717, 1.165) is 12.1 Å². The molecule has 0 bridgehead atoms. The zero-order valence-corrected chi connectivity index (χ0v) is 13.1. The smallest absolute Gasteiger partial charge is 0.160 e. The van der Waals surface area contributed by atoms with Crippen molar-refractivity contribution in [3.05, 3.63) is 68.2 Å². The highest BCUT2D eigenvalue weighted by Crippen LogP contribution is 2.42. The largest absolute Gasteiger partial charge is 0.204 e. The third-order valence-corrected chi connectivity index (χ3v) is 4.50. The van der Waals surface area contributed by atoms with E-state index in [1.54, 1.807) is 18.2 Å². The standard InChI is InChI=1S/C13H6BrCl3F2/c14-13(12-7(15)2-1-3-8(12)16)6-4-10(18)11(19)5-9(6)17/h1-5,13H. The number of rotatable bonds is 2. The van der Waals surface area contributed by atoms with Crippen molar-refractivity contribution in [1.82, 2.24) is 0 Å². The monoisotopic (exact) mass is 384 g/mol. The van der Waals surface area contributed by atoms with Gasteiger partial charge in [0, 0.05) is 20.6 Å². The fourth-order valence-electron chi connectivity index (χ4n) is 1.64. The molecule has 0 nitrogen and oxygen atoms in total. The second-order valence-electron chi connectivity index (χ2n) is 3.79. The summed E-state index contributed by atoms with van der Waals surface area (Å²) in [6, 6.07) is 6.96. The maximum atomic E-state index is 13.3. The first-order valence-electron chi connectivity index (χ1n) is 5.14. The molecule has 19 heavy (non-hydrogen) atoms. The summed E-state index contributed by atoms with van der Waals surface area (Å²) in [5.74, 6) is -1.98. The first kappa shape index (κ1) is 15.0. The van der Waals surface area contributed by atoms with Gasteiger partial charge < -0.3 is 0 Å². The molecule has 0 fully saturated rings. The lowest BCUT2D eigenvalue weighted by Crippen LogP contribution is -1.98. The minimum Gasteiger partial charge on any atom is -0.204 e. The second kappa shape index (κ2) is 5.96. The predicted octanol–water partition coefficient (Wildman–Crippen LogP) is 6.41. The molecule has 0 radical (unpaired) electrons. The fourth-order valence-corrected chi connectivity index (χ4v) is 3.78. The van der Waals surface area contributed by atoms with Crippen molar-refractivity contribution >= 4 is 50.7 Å². The lowest BCUT2D eigenvalue weighted by molar-refractivity contribution is 0.507. The quantitative estimate of drug-likeness (QED) is 0.413. The summed E-state index contributed by atoms with van der Waals surface area (Å²) in [6.45, 7) is 0. The number of benzene rings is 2. The van der Waals surface area contributed by atoms with Crippen LogP contribution >= 0.6 is 50.7 Å². The molecule has 0 amide bonds. The van der Waals surface area contributed by atoms with E-state index in [9.17, 15) is 8.78 Å². The molecule has 1 unspecified atom stereocenters. The van der Waals surface area contributed by atoms with Gasteiger partial charge in [0.05, 0.1) is 4.83 Å². The van der Waals surface area contributed by atoms with Gasteiger partial charge in [0.2, 0.25) is 0 Å². The van der Waals surface area contributed by atoms with E-state index in [1.807, 2.05) is 0 Å². The first-order valence-corrected chi connectivity index (χ1v) is 7.19. The van der Waals surface area contributed by atoms with E-state index in [4.69, 9.17) is 34.8 Å². The average Bonchev–Trinajstić information content (AvgIpc) is 2.33. The Labute approximate surface area is 132 Å². The Kier molecular flexibility index (Phi) is 4.72. The van der Waals surface area contributed by atoms with E-state index in [0.29, 0.717) is 21.2 Å². The summed E-state index contributed by atoms with van der Waals surface area (Å²) in [5, 5.41) is 0.919. The van der Waals surface area contributed by atoms with Crippen LogP contribution in [0, 0.1) is 11.6 Å².